The number of thioether (sulfide) groups is 1. The van der Waals surface area contributed by atoms with Crippen LogP contribution < -0.4 is 0 Å². The zero-order valence-electron chi connectivity index (χ0n) is 10.4. The Morgan fingerprint density at radius 1 is 1.00 bits per heavy atom. The molecule has 0 aromatic heterocycles. The average molecular weight is 251 g/mol. The molecule has 0 heterocycles. The maximum atomic E-state index is 5.75. The van der Waals surface area contributed by atoms with Crippen molar-refractivity contribution in [3.63, 3.8) is 0 Å². The van der Waals surface area contributed by atoms with Gasteiger partial charge in [-0.3, -0.25) is 0 Å². The first-order chi connectivity index (χ1) is 7.31. The van der Waals surface area contributed by atoms with Crippen LogP contribution in [0.4, 0.5) is 0 Å². The minimum Gasteiger partial charge on any atom is -0.162 e. The van der Waals surface area contributed by atoms with Crippen LogP contribution in [0.2, 0.25) is 0 Å². The molecule has 0 aliphatic heterocycles. The fraction of sp³-hybridized carbons (Fsp3) is 1.00. The molecule has 0 amide bonds. The molecule has 0 fully saturated rings. The Kier molecular flexibility index (Phi) is 13.3. The second-order valence-electron chi connectivity index (χ2n) is 4.46. The summed E-state index contributed by atoms with van der Waals surface area (Å²) in [6.07, 6.45) is 9.90. The van der Waals surface area contributed by atoms with Crippen LogP contribution in [0, 0.1) is 5.92 Å². The van der Waals surface area contributed by atoms with E-state index in [1.165, 1.54) is 56.5 Å². The van der Waals surface area contributed by atoms with E-state index >= 15 is 0 Å². The van der Waals surface area contributed by atoms with Crippen molar-refractivity contribution < 1.29 is 0 Å². The first-order valence-corrected chi connectivity index (χ1v) is 8.13. The van der Waals surface area contributed by atoms with Crippen LogP contribution in [-0.4, -0.2) is 17.4 Å². The monoisotopic (exact) mass is 250 g/mol. The van der Waals surface area contributed by atoms with Crippen molar-refractivity contribution >= 4 is 23.4 Å². The number of hydrogen-bond donors (Lipinski definition) is 0. The lowest BCUT2D eigenvalue weighted by Crippen LogP contribution is -1.99. The molecule has 1 unspecified atom stereocenters. The van der Waals surface area contributed by atoms with Crippen LogP contribution in [-0.2, 0) is 0 Å². The summed E-state index contributed by atoms with van der Waals surface area (Å²) in [4.78, 5) is 0. The Morgan fingerprint density at radius 3 is 2.20 bits per heavy atom. The number of alkyl halides is 1. The van der Waals surface area contributed by atoms with Crippen molar-refractivity contribution in [3.05, 3.63) is 0 Å². The second kappa shape index (κ2) is 12.7. The minimum absolute atomic E-state index is 0.682. The van der Waals surface area contributed by atoms with Gasteiger partial charge in [0.2, 0.25) is 0 Å². The summed E-state index contributed by atoms with van der Waals surface area (Å²) in [5, 5.41) is 0. The molecule has 0 spiro atoms. The highest BCUT2D eigenvalue weighted by molar-refractivity contribution is 7.99. The minimum atomic E-state index is 0.682. The lowest BCUT2D eigenvalue weighted by atomic mass is 10.1. The predicted molar refractivity (Wildman–Crippen MR) is 75.2 cm³/mol. The molecule has 0 radical (unpaired) electrons. The molecule has 2 heteroatoms. The summed E-state index contributed by atoms with van der Waals surface area (Å²) in [6.45, 7) is 4.50. The van der Waals surface area contributed by atoms with E-state index in [0.717, 1.165) is 5.88 Å². The van der Waals surface area contributed by atoms with E-state index < -0.39 is 0 Å². The molecule has 0 saturated heterocycles. The molecule has 0 aliphatic carbocycles. The molecule has 0 saturated carbocycles. The quantitative estimate of drug-likeness (QED) is 0.352. The van der Waals surface area contributed by atoms with Gasteiger partial charge in [0.05, 0.1) is 0 Å². The fourth-order valence-electron chi connectivity index (χ4n) is 1.49. The Bertz CT molecular complexity index is 117. The molecule has 1 atom stereocenters. The molecule has 92 valence electrons. The highest BCUT2D eigenvalue weighted by Crippen LogP contribution is 2.13. The zero-order valence-corrected chi connectivity index (χ0v) is 12.0. The number of hydrogen-bond acceptors (Lipinski definition) is 1. The second-order valence-corrected chi connectivity index (χ2v) is 5.91. The van der Waals surface area contributed by atoms with Gasteiger partial charge in [0.25, 0.3) is 0 Å². The van der Waals surface area contributed by atoms with Crippen LogP contribution in [0.15, 0.2) is 0 Å². The van der Waals surface area contributed by atoms with Gasteiger partial charge in [0, 0.05) is 5.88 Å². The molecule has 0 aromatic rings. The summed E-state index contributed by atoms with van der Waals surface area (Å²) >= 11 is 7.82. The van der Waals surface area contributed by atoms with Gasteiger partial charge >= 0.3 is 0 Å². The summed E-state index contributed by atoms with van der Waals surface area (Å²) in [5.41, 5.74) is 0. The highest BCUT2D eigenvalue weighted by Gasteiger charge is 1.99. The van der Waals surface area contributed by atoms with Crippen molar-refractivity contribution in [2.24, 2.45) is 5.92 Å². The topological polar surface area (TPSA) is 0 Å². The Labute approximate surface area is 106 Å². The van der Waals surface area contributed by atoms with E-state index in [9.17, 15) is 0 Å². The van der Waals surface area contributed by atoms with Gasteiger partial charge in [0.1, 0.15) is 0 Å². The van der Waals surface area contributed by atoms with Crippen molar-refractivity contribution in [1.82, 2.24) is 0 Å². The largest absolute Gasteiger partial charge is 0.162 e. The molecular formula is C13H27ClS. The van der Waals surface area contributed by atoms with Gasteiger partial charge in [-0.15, -0.1) is 11.6 Å². The first kappa shape index (κ1) is 15.6. The molecule has 0 aromatic carbocycles. The summed E-state index contributed by atoms with van der Waals surface area (Å²) < 4.78 is 0. The van der Waals surface area contributed by atoms with Crippen molar-refractivity contribution in [2.75, 3.05) is 17.4 Å². The maximum Gasteiger partial charge on any atom is 0.0257 e. The van der Waals surface area contributed by atoms with E-state index in [1.54, 1.807) is 0 Å². The number of unbranched alkanes of at least 4 members (excludes halogenated alkanes) is 6. The highest BCUT2D eigenvalue weighted by atomic mass is 35.5. The number of halogens is 1. The van der Waals surface area contributed by atoms with Gasteiger partial charge in [-0.25, -0.2) is 0 Å². The maximum absolute atomic E-state index is 5.75. The van der Waals surface area contributed by atoms with Gasteiger partial charge in [-0.05, 0) is 23.8 Å². The third-order valence-electron chi connectivity index (χ3n) is 2.56. The smallest absolute Gasteiger partial charge is 0.0257 e. The van der Waals surface area contributed by atoms with E-state index in [2.05, 4.69) is 25.6 Å². The van der Waals surface area contributed by atoms with Gasteiger partial charge < -0.3 is 0 Å². The molecule has 0 aliphatic rings. The fourth-order valence-corrected chi connectivity index (χ4v) is 2.82. The number of rotatable bonds is 11. The van der Waals surface area contributed by atoms with Crippen molar-refractivity contribution in [1.29, 1.82) is 0 Å². The lowest BCUT2D eigenvalue weighted by molar-refractivity contribution is 0.603. The van der Waals surface area contributed by atoms with E-state index in [-0.39, 0.29) is 0 Å². The summed E-state index contributed by atoms with van der Waals surface area (Å²) in [6, 6.07) is 0. The summed E-state index contributed by atoms with van der Waals surface area (Å²) in [7, 11) is 0. The Morgan fingerprint density at radius 2 is 1.60 bits per heavy atom. The normalized spacial score (nSPS) is 13.0. The van der Waals surface area contributed by atoms with Crippen LogP contribution in [0.5, 0.6) is 0 Å². The third kappa shape index (κ3) is 12.6. The lowest BCUT2D eigenvalue weighted by Gasteiger charge is -2.06. The van der Waals surface area contributed by atoms with Crippen LogP contribution in [0.1, 0.15) is 58.8 Å². The SMILES string of the molecule is CCCCCCCCCSCC(C)CCl. The van der Waals surface area contributed by atoms with Crippen LogP contribution in [0.25, 0.3) is 0 Å². The average Bonchev–Trinajstić information content (AvgIpc) is 2.26. The molecule has 0 bridgehead atoms. The Hall–Kier alpha value is 0.640. The molecule has 15 heavy (non-hydrogen) atoms. The predicted octanol–water partition coefficient (Wildman–Crippen LogP) is 5.35. The van der Waals surface area contributed by atoms with Gasteiger partial charge in [-0.1, -0.05) is 52.4 Å². The van der Waals surface area contributed by atoms with E-state index in [4.69, 9.17) is 11.6 Å². The molecular weight excluding hydrogens is 224 g/mol. The Balaban J connectivity index is 2.92. The molecule has 0 N–H and O–H groups in total. The van der Waals surface area contributed by atoms with Crippen molar-refractivity contribution in [3.8, 4) is 0 Å². The van der Waals surface area contributed by atoms with Crippen LogP contribution >= 0.6 is 23.4 Å². The van der Waals surface area contributed by atoms with E-state index in [0.29, 0.717) is 5.92 Å². The van der Waals surface area contributed by atoms with Crippen molar-refractivity contribution in [2.45, 2.75) is 58.8 Å². The van der Waals surface area contributed by atoms with Crippen LogP contribution in [0.3, 0.4) is 0 Å². The standard InChI is InChI=1S/C13H27ClS/c1-3-4-5-6-7-8-9-10-15-12-13(2)11-14/h13H,3-12H2,1-2H3. The third-order valence-corrected chi connectivity index (χ3v) is 4.47. The molecule has 0 rings (SSSR count). The molecule has 0 nitrogen and oxygen atoms in total. The first-order valence-electron chi connectivity index (χ1n) is 6.45. The van der Waals surface area contributed by atoms with Gasteiger partial charge in [-0.2, -0.15) is 11.8 Å². The van der Waals surface area contributed by atoms with E-state index in [1.807, 2.05) is 0 Å². The summed E-state index contributed by atoms with van der Waals surface area (Å²) in [5.74, 6) is 4.06. The van der Waals surface area contributed by atoms with Gasteiger partial charge in [0.15, 0.2) is 0 Å². The zero-order chi connectivity index (χ0) is 11.4.